The van der Waals surface area contributed by atoms with Crippen LogP contribution >= 0.6 is 0 Å². The molecule has 2 fully saturated rings. The zero-order chi connectivity index (χ0) is 27.0. The Balaban J connectivity index is 1.74. The molecule has 0 aliphatic carbocycles. The van der Waals surface area contributed by atoms with Gasteiger partial charge in [-0.3, -0.25) is 9.59 Å². The molecule has 1 aromatic rings. The van der Waals surface area contributed by atoms with E-state index in [2.05, 4.69) is 5.32 Å². The molecule has 2 aliphatic rings. The number of amides is 3. The molecule has 0 radical (unpaired) electrons. The zero-order valence-corrected chi connectivity index (χ0v) is 19.9. The summed E-state index contributed by atoms with van der Waals surface area (Å²) in [5.74, 6) is -6.63. The van der Waals surface area contributed by atoms with E-state index < -0.39 is 65.6 Å². The van der Waals surface area contributed by atoms with Gasteiger partial charge in [0.25, 0.3) is 0 Å². The third-order valence-corrected chi connectivity index (χ3v) is 6.10. The minimum absolute atomic E-state index is 0.132. The van der Waals surface area contributed by atoms with E-state index in [1.54, 1.807) is 20.8 Å². The summed E-state index contributed by atoms with van der Waals surface area (Å²) >= 11 is 0. The van der Waals surface area contributed by atoms with Crippen molar-refractivity contribution in [2.45, 2.75) is 63.9 Å². The van der Waals surface area contributed by atoms with Crippen LogP contribution in [0.3, 0.4) is 0 Å². The Morgan fingerprint density at radius 2 is 1.69 bits per heavy atom. The van der Waals surface area contributed by atoms with Crippen LogP contribution in [0.4, 0.5) is 31.1 Å². The maximum absolute atomic E-state index is 14.3. The van der Waals surface area contributed by atoms with Gasteiger partial charge in [0.1, 0.15) is 11.4 Å². The summed E-state index contributed by atoms with van der Waals surface area (Å²) in [7, 11) is 0. The average molecular weight is 523 g/mol. The number of nitrogens with one attached hydrogen (secondary N) is 1. The summed E-state index contributed by atoms with van der Waals surface area (Å²) in [6.45, 7) is 4.62. The number of alkyl carbamates (subject to hydrolysis) is 1. The van der Waals surface area contributed by atoms with Crippen molar-refractivity contribution in [1.82, 2.24) is 15.1 Å². The molecule has 2 aliphatic heterocycles. The van der Waals surface area contributed by atoms with Crippen LogP contribution in [0.15, 0.2) is 12.1 Å². The van der Waals surface area contributed by atoms with Crippen LogP contribution in [0, 0.1) is 23.4 Å². The number of benzene rings is 1. The summed E-state index contributed by atoms with van der Waals surface area (Å²) in [4.78, 5) is 39.1. The molecular formula is C23H27F6N3O4. The number of halogens is 6. The van der Waals surface area contributed by atoms with Gasteiger partial charge in [-0.1, -0.05) is 0 Å². The van der Waals surface area contributed by atoms with E-state index in [1.165, 1.54) is 4.90 Å². The van der Waals surface area contributed by atoms with Crippen LogP contribution in [0.1, 0.15) is 39.2 Å². The Kier molecular flexibility index (Phi) is 7.80. The Bertz CT molecular complexity index is 1030. The quantitative estimate of drug-likeness (QED) is 0.473. The predicted octanol–water partition coefficient (Wildman–Crippen LogP) is 3.55. The van der Waals surface area contributed by atoms with Crippen LogP contribution in [0.2, 0.25) is 0 Å². The van der Waals surface area contributed by atoms with Gasteiger partial charge in [0.05, 0.1) is 6.04 Å². The molecule has 0 bridgehead atoms. The summed E-state index contributed by atoms with van der Waals surface area (Å²) < 4.78 is 84.9. The van der Waals surface area contributed by atoms with E-state index in [0.717, 1.165) is 0 Å². The maximum atomic E-state index is 14.3. The van der Waals surface area contributed by atoms with Crippen molar-refractivity contribution in [3.8, 4) is 0 Å². The summed E-state index contributed by atoms with van der Waals surface area (Å²) in [5.41, 5.74) is -1.18. The highest BCUT2D eigenvalue weighted by Crippen LogP contribution is 2.34. The molecule has 200 valence electrons. The van der Waals surface area contributed by atoms with Gasteiger partial charge < -0.3 is 19.9 Å². The number of alkyl halides is 3. The number of likely N-dealkylation sites (tertiary alicyclic amines) is 2. The lowest BCUT2D eigenvalue weighted by Crippen LogP contribution is -2.47. The SMILES string of the molecule is CC(C)(C)OC(=O)NC(CC(=O)N1CCC2CN(C(=O)C(F)(F)F)CC21)Cc1cc(F)c(F)cc1F. The normalized spacial score (nSPS) is 20.8. The van der Waals surface area contributed by atoms with Crippen LogP contribution in [0.5, 0.6) is 0 Å². The fourth-order valence-corrected chi connectivity index (χ4v) is 4.58. The molecular weight excluding hydrogens is 496 g/mol. The number of rotatable bonds is 5. The Labute approximate surface area is 203 Å². The Morgan fingerprint density at radius 3 is 2.31 bits per heavy atom. The third kappa shape index (κ3) is 6.61. The van der Waals surface area contributed by atoms with Crippen molar-refractivity contribution in [2.24, 2.45) is 5.92 Å². The van der Waals surface area contributed by atoms with Gasteiger partial charge in [-0.15, -0.1) is 0 Å². The molecule has 36 heavy (non-hydrogen) atoms. The maximum Gasteiger partial charge on any atom is 0.471 e. The van der Waals surface area contributed by atoms with Crippen LogP contribution in [0.25, 0.3) is 0 Å². The van der Waals surface area contributed by atoms with E-state index >= 15 is 0 Å². The van der Waals surface area contributed by atoms with Gasteiger partial charge in [-0.25, -0.2) is 18.0 Å². The fourth-order valence-electron chi connectivity index (χ4n) is 4.58. The molecule has 3 rings (SSSR count). The lowest BCUT2D eigenvalue weighted by Gasteiger charge is -2.28. The van der Waals surface area contributed by atoms with Crippen molar-refractivity contribution < 1.29 is 45.5 Å². The molecule has 2 heterocycles. The molecule has 0 aromatic heterocycles. The van der Waals surface area contributed by atoms with E-state index in [9.17, 15) is 40.7 Å². The number of hydrogen-bond donors (Lipinski definition) is 1. The first-order chi connectivity index (χ1) is 16.5. The molecule has 3 unspecified atom stereocenters. The van der Waals surface area contributed by atoms with E-state index in [4.69, 9.17) is 4.74 Å². The molecule has 3 amide bonds. The first-order valence-electron chi connectivity index (χ1n) is 11.3. The minimum Gasteiger partial charge on any atom is -0.444 e. The summed E-state index contributed by atoms with van der Waals surface area (Å²) in [5, 5.41) is 2.44. The third-order valence-electron chi connectivity index (χ3n) is 6.10. The second kappa shape index (κ2) is 10.2. The molecule has 1 aromatic carbocycles. The van der Waals surface area contributed by atoms with Gasteiger partial charge >= 0.3 is 18.2 Å². The minimum atomic E-state index is -5.02. The monoisotopic (exact) mass is 523 g/mol. The van der Waals surface area contributed by atoms with Crippen molar-refractivity contribution in [3.63, 3.8) is 0 Å². The van der Waals surface area contributed by atoms with Crippen molar-refractivity contribution in [3.05, 3.63) is 35.1 Å². The molecule has 13 heteroatoms. The topological polar surface area (TPSA) is 79.0 Å². The van der Waals surface area contributed by atoms with Gasteiger partial charge in [-0.2, -0.15) is 13.2 Å². The second-order valence-corrected chi connectivity index (χ2v) is 10.0. The lowest BCUT2D eigenvalue weighted by molar-refractivity contribution is -0.184. The van der Waals surface area contributed by atoms with Gasteiger partial charge in [-0.05, 0) is 45.2 Å². The molecule has 2 saturated heterocycles. The predicted molar refractivity (Wildman–Crippen MR) is 114 cm³/mol. The van der Waals surface area contributed by atoms with Gasteiger partial charge in [0.15, 0.2) is 11.6 Å². The second-order valence-electron chi connectivity index (χ2n) is 10.0. The number of hydrogen-bond acceptors (Lipinski definition) is 4. The highest BCUT2D eigenvalue weighted by molar-refractivity contribution is 5.83. The lowest BCUT2D eigenvalue weighted by atomic mass is 10.0. The van der Waals surface area contributed by atoms with E-state index in [-0.39, 0.29) is 37.5 Å². The number of carbonyl (C=O) groups is 3. The first kappa shape index (κ1) is 27.6. The first-order valence-corrected chi connectivity index (χ1v) is 11.3. The average Bonchev–Trinajstić information content (AvgIpc) is 3.29. The van der Waals surface area contributed by atoms with Gasteiger partial charge in [0, 0.05) is 44.1 Å². The molecule has 7 nitrogen and oxygen atoms in total. The molecule has 0 spiro atoms. The van der Waals surface area contributed by atoms with Crippen LogP contribution < -0.4 is 5.32 Å². The number of ether oxygens (including phenoxy) is 1. The van der Waals surface area contributed by atoms with Gasteiger partial charge in [0.2, 0.25) is 5.91 Å². The highest BCUT2D eigenvalue weighted by Gasteiger charge is 2.50. The van der Waals surface area contributed by atoms with E-state index in [1.807, 2.05) is 0 Å². The smallest absolute Gasteiger partial charge is 0.444 e. The number of nitrogens with zero attached hydrogens (tertiary/aromatic N) is 2. The van der Waals surface area contributed by atoms with Crippen LogP contribution in [-0.4, -0.2) is 71.2 Å². The highest BCUT2D eigenvalue weighted by atomic mass is 19.4. The fraction of sp³-hybridized carbons (Fsp3) is 0.609. The van der Waals surface area contributed by atoms with Crippen molar-refractivity contribution >= 4 is 17.9 Å². The Morgan fingerprint density at radius 1 is 1.06 bits per heavy atom. The van der Waals surface area contributed by atoms with Crippen LogP contribution in [-0.2, 0) is 20.7 Å². The molecule has 1 N–H and O–H groups in total. The zero-order valence-electron chi connectivity index (χ0n) is 19.9. The number of carbonyl (C=O) groups excluding carboxylic acids is 3. The van der Waals surface area contributed by atoms with E-state index in [0.29, 0.717) is 23.5 Å². The summed E-state index contributed by atoms with van der Waals surface area (Å²) in [6.07, 6.45) is -6.35. The standard InChI is InChI=1S/C23H27F6N3O4/c1-22(2,3)36-21(35)30-14(6-13-7-16(25)17(26)9-15(13)24)8-19(33)32-5-4-12-10-31(11-18(12)32)20(34)23(27,28)29/h7,9,12,14,18H,4-6,8,10-11H2,1-3H3,(H,30,35). The van der Waals surface area contributed by atoms with Crippen molar-refractivity contribution in [2.75, 3.05) is 19.6 Å². The largest absolute Gasteiger partial charge is 0.471 e. The summed E-state index contributed by atoms with van der Waals surface area (Å²) in [6, 6.07) is -0.749. The number of fused-ring (bicyclic) bond motifs is 1. The molecule has 3 atom stereocenters. The van der Waals surface area contributed by atoms with Crippen molar-refractivity contribution in [1.29, 1.82) is 0 Å². The molecule has 0 saturated carbocycles. The Hall–Kier alpha value is -2.99.